The van der Waals surface area contributed by atoms with Crippen LogP contribution < -0.4 is 10.6 Å². The van der Waals surface area contributed by atoms with Gasteiger partial charge in [0, 0.05) is 17.9 Å². The molecule has 162 valence electrons. The van der Waals surface area contributed by atoms with Crippen molar-refractivity contribution < 1.29 is 18.0 Å². The number of anilines is 1. The van der Waals surface area contributed by atoms with Gasteiger partial charge in [0.15, 0.2) is 0 Å². The molecule has 2 aromatic rings. The van der Waals surface area contributed by atoms with Crippen LogP contribution in [-0.4, -0.2) is 28.0 Å². The van der Waals surface area contributed by atoms with Gasteiger partial charge in [0.25, 0.3) is 0 Å². The Kier molecular flexibility index (Phi) is 6.55. The van der Waals surface area contributed by atoms with Gasteiger partial charge < -0.3 is 10.6 Å². The standard InChI is InChI=1S/C21H24ClF3N4O/c1-11(2)19(29-18-6-4-14(9-16(18)22)21(23,24)25)20(30)28-15-5-7-17-13(8-15)10-26-12(3)27-17/h4,6,9-11,15,19,29H,5,7-8H2,1-3H3,(H,28,30)/t15-,19+/m0/s1. The van der Waals surface area contributed by atoms with Gasteiger partial charge in [-0.3, -0.25) is 4.79 Å². The van der Waals surface area contributed by atoms with Gasteiger partial charge in [-0.1, -0.05) is 25.4 Å². The van der Waals surface area contributed by atoms with Crippen LogP contribution in [0.1, 0.15) is 42.9 Å². The second-order valence-corrected chi connectivity index (χ2v) is 8.30. The summed E-state index contributed by atoms with van der Waals surface area (Å²) < 4.78 is 38.6. The highest BCUT2D eigenvalue weighted by molar-refractivity contribution is 6.33. The Morgan fingerprint density at radius 1 is 1.30 bits per heavy atom. The monoisotopic (exact) mass is 440 g/mol. The molecule has 1 amide bonds. The van der Waals surface area contributed by atoms with Crippen molar-refractivity contribution in [2.75, 3.05) is 5.32 Å². The van der Waals surface area contributed by atoms with E-state index in [-0.39, 0.29) is 28.6 Å². The third kappa shape index (κ3) is 5.22. The number of halogens is 4. The number of carbonyl (C=O) groups excluding carboxylic acids is 1. The van der Waals surface area contributed by atoms with Crippen molar-refractivity contribution in [1.29, 1.82) is 0 Å². The van der Waals surface area contributed by atoms with E-state index < -0.39 is 17.8 Å². The normalized spacial score (nSPS) is 17.4. The molecule has 30 heavy (non-hydrogen) atoms. The van der Waals surface area contributed by atoms with E-state index in [0.29, 0.717) is 6.42 Å². The summed E-state index contributed by atoms with van der Waals surface area (Å²) in [5, 5.41) is 5.98. The van der Waals surface area contributed by atoms with Crippen LogP contribution in [0.3, 0.4) is 0 Å². The molecule has 1 aromatic heterocycles. The Labute approximate surface area is 178 Å². The highest BCUT2D eigenvalue weighted by Gasteiger charge is 2.32. The predicted molar refractivity (Wildman–Crippen MR) is 109 cm³/mol. The van der Waals surface area contributed by atoms with Gasteiger partial charge in [-0.2, -0.15) is 13.2 Å². The van der Waals surface area contributed by atoms with Gasteiger partial charge >= 0.3 is 6.18 Å². The molecule has 5 nitrogen and oxygen atoms in total. The molecule has 9 heteroatoms. The first-order chi connectivity index (χ1) is 14.0. The number of fused-ring (bicyclic) bond motifs is 1. The van der Waals surface area contributed by atoms with Crippen molar-refractivity contribution in [1.82, 2.24) is 15.3 Å². The second kappa shape index (κ2) is 8.79. The SMILES string of the molecule is Cc1ncc2c(n1)CC[C@H](NC(=O)[C@H](Nc1ccc(C(F)(F)F)cc1Cl)C(C)C)C2. The number of nitrogens with one attached hydrogen (secondary N) is 2. The lowest BCUT2D eigenvalue weighted by Crippen LogP contribution is -2.48. The summed E-state index contributed by atoms with van der Waals surface area (Å²) in [6.07, 6.45) is -0.505. The van der Waals surface area contributed by atoms with Gasteiger partial charge in [0.1, 0.15) is 11.9 Å². The quantitative estimate of drug-likeness (QED) is 0.714. The summed E-state index contributed by atoms with van der Waals surface area (Å²) in [6.45, 7) is 5.57. The molecule has 0 aliphatic heterocycles. The molecule has 0 unspecified atom stereocenters. The fraction of sp³-hybridized carbons (Fsp3) is 0.476. The summed E-state index contributed by atoms with van der Waals surface area (Å²) in [6, 6.07) is 2.37. The lowest BCUT2D eigenvalue weighted by Gasteiger charge is -2.29. The third-order valence-corrected chi connectivity index (χ3v) is 5.49. The smallest absolute Gasteiger partial charge is 0.372 e. The molecular formula is C21H24ClF3N4O. The number of nitrogens with zero attached hydrogens (tertiary/aromatic N) is 2. The van der Waals surface area contributed by atoms with Crippen molar-refractivity contribution >= 4 is 23.2 Å². The summed E-state index contributed by atoms with van der Waals surface area (Å²) in [7, 11) is 0. The van der Waals surface area contributed by atoms with Crippen LogP contribution in [0.15, 0.2) is 24.4 Å². The average molecular weight is 441 g/mol. The molecule has 0 fully saturated rings. The molecule has 0 spiro atoms. The summed E-state index contributed by atoms with van der Waals surface area (Å²) in [5.41, 5.74) is 1.50. The van der Waals surface area contributed by atoms with Crippen LogP contribution in [0.5, 0.6) is 0 Å². The molecule has 2 atom stereocenters. The summed E-state index contributed by atoms with van der Waals surface area (Å²) >= 11 is 6.04. The van der Waals surface area contributed by atoms with Crippen LogP contribution in [-0.2, 0) is 23.8 Å². The van der Waals surface area contributed by atoms with Gasteiger partial charge in [0.05, 0.1) is 16.3 Å². The first-order valence-corrected chi connectivity index (χ1v) is 10.2. The first-order valence-electron chi connectivity index (χ1n) is 9.79. The number of alkyl halides is 3. The minimum absolute atomic E-state index is 0.0533. The Balaban J connectivity index is 1.69. The largest absolute Gasteiger partial charge is 0.416 e. The van der Waals surface area contributed by atoms with Crippen molar-refractivity contribution in [3.05, 3.63) is 52.1 Å². The number of hydrogen-bond donors (Lipinski definition) is 2. The maximum atomic E-state index is 12.9. The van der Waals surface area contributed by atoms with E-state index in [0.717, 1.165) is 42.1 Å². The van der Waals surface area contributed by atoms with Crippen molar-refractivity contribution in [3.8, 4) is 0 Å². The summed E-state index contributed by atoms with van der Waals surface area (Å²) in [5.74, 6) is 0.404. The maximum absolute atomic E-state index is 12.9. The average Bonchev–Trinajstić information content (AvgIpc) is 2.66. The zero-order chi connectivity index (χ0) is 22.1. The van der Waals surface area contributed by atoms with Crippen molar-refractivity contribution in [2.45, 2.75) is 58.3 Å². The van der Waals surface area contributed by atoms with Gasteiger partial charge in [0.2, 0.25) is 5.91 Å². The van der Waals surface area contributed by atoms with Crippen LogP contribution in [0.25, 0.3) is 0 Å². The summed E-state index contributed by atoms with van der Waals surface area (Å²) in [4.78, 5) is 21.6. The van der Waals surface area contributed by atoms with Gasteiger partial charge in [-0.25, -0.2) is 9.97 Å². The number of hydrogen-bond acceptors (Lipinski definition) is 4. The van der Waals surface area contributed by atoms with E-state index in [2.05, 4.69) is 20.6 Å². The minimum atomic E-state index is -4.48. The van der Waals surface area contributed by atoms with Gasteiger partial charge in [-0.05, 0) is 55.9 Å². The van der Waals surface area contributed by atoms with E-state index in [9.17, 15) is 18.0 Å². The molecule has 3 rings (SSSR count). The van der Waals surface area contributed by atoms with Crippen LogP contribution >= 0.6 is 11.6 Å². The van der Waals surface area contributed by atoms with E-state index in [1.807, 2.05) is 20.8 Å². The Hall–Kier alpha value is -2.35. The minimum Gasteiger partial charge on any atom is -0.372 e. The number of amides is 1. The molecule has 0 saturated carbocycles. The topological polar surface area (TPSA) is 66.9 Å². The molecule has 1 aromatic carbocycles. The first kappa shape index (κ1) is 22.3. The van der Waals surface area contributed by atoms with Crippen LogP contribution in [0.4, 0.5) is 18.9 Å². The Morgan fingerprint density at radius 2 is 2.03 bits per heavy atom. The van der Waals surface area contributed by atoms with E-state index in [4.69, 9.17) is 11.6 Å². The molecule has 0 bridgehead atoms. The zero-order valence-corrected chi connectivity index (χ0v) is 17.7. The fourth-order valence-corrected chi connectivity index (χ4v) is 3.77. The molecule has 0 radical (unpaired) electrons. The number of benzene rings is 1. The Bertz CT molecular complexity index is 933. The maximum Gasteiger partial charge on any atom is 0.416 e. The highest BCUT2D eigenvalue weighted by Crippen LogP contribution is 2.34. The van der Waals surface area contributed by atoms with E-state index >= 15 is 0 Å². The lowest BCUT2D eigenvalue weighted by atomic mass is 9.92. The van der Waals surface area contributed by atoms with Crippen molar-refractivity contribution in [3.63, 3.8) is 0 Å². The zero-order valence-electron chi connectivity index (χ0n) is 17.0. The number of aryl methyl sites for hydroxylation is 2. The Morgan fingerprint density at radius 3 is 2.67 bits per heavy atom. The molecule has 1 aliphatic rings. The second-order valence-electron chi connectivity index (χ2n) is 7.90. The van der Waals surface area contributed by atoms with E-state index in [1.165, 1.54) is 6.07 Å². The number of aromatic nitrogens is 2. The molecular weight excluding hydrogens is 417 g/mol. The molecule has 1 heterocycles. The number of rotatable bonds is 5. The van der Waals surface area contributed by atoms with E-state index in [1.54, 1.807) is 6.20 Å². The number of carbonyl (C=O) groups is 1. The third-order valence-electron chi connectivity index (χ3n) is 5.17. The van der Waals surface area contributed by atoms with Crippen LogP contribution in [0, 0.1) is 12.8 Å². The molecule has 0 saturated heterocycles. The fourth-order valence-electron chi connectivity index (χ4n) is 3.53. The van der Waals surface area contributed by atoms with Crippen molar-refractivity contribution in [2.24, 2.45) is 5.92 Å². The predicted octanol–water partition coefficient (Wildman–Crippen LogP) is 4.57. The highest BCUT2D eigenvalue weighted by atomic mass is 35.5. The lowest BCUT2D eigenvalue weighted by molar-refractivity contribution is -0.137. The molecule has 2 N–H and O–H groups in total. The molecule has 1 aliphatic carbocycles. The van der Waals surface area contributed by atoms with Gasteiger partial charge in [-0.15, -0.1) is 0 Å². The van der Waals surface area contributed by atoms with Crippen LogP contribution in [0.2, 0.25) is 5.02 Å².